The normalized spacial score (nSPS) is 24.0. The first-order chi connectivity index (χ1) is 12.3. The minimum absolute atomic E-state index is 0.722. The molecule has 2 atom stereocenters. The summed E-state index contributed by atoms with van der Waals surface area (Å²) in [6.07, 6.45) is 10.5. The van der Waals surface area contributed by atoms with E-state index in [0.717, 1.165) is 18.4 Å². The number of fused-ring (bicyclic) bond motifs is 2. The van der Waals surface area contributed by atoms with E-state index in [2.05, 4.69) is 60.5 Å². The van der Waals surface area contributed by atoms with Crippen LogP contribution >= 0.6 is 0 Å². The molecule has 0 bridgehead atoms. The van der Waals surface area contributed by atoms with Gasteiger partial charge >= 0.3 is 0 Å². The highest BCUT2D eigenvalue weighted by molar-refractivity contribution is 5.40. The number of hydrogen-bond acceptors (Lipinski definition) is 1. The topological polar surface area (TPSA) is 3.24 Å². The van der Waals surface area contributed by atoms with Crippen LogP contribution < -0.4 is 0 Å². The van der Waals surface area contributed by atoms with Crippen LogP contribution in [0, 0.1) is 0 Å². The maximum atomic E-state index is 2.60. The van der Waals surface area contributed by atoms with Gasteiger partial charge in [0.2, 0.25) is 0 Å². The Morgan fingerprint density at radius 1 is 0.840 bits per heavy atom. The van der Waals surface area contributed by atoms with E-state index in [-0.39, 0.29) is 0 Å². The Morgan fingerprint density at radius 3 is 2.44 bits per heavy atom. The van der Waals surface area contributed by atoms with Gasteiger partial charge in [0.05, 0.1) is 0 Å². The van der Waals surface area contributed by atoms with Crippen molar-refractivity contribution in [3.05, 3.63) is 70.8 Å². The average molecular weight is 334 g/mol. The van der Waals surface area contributed by atoms with Crippen LogP contribution in [0.5, 0.6) is 0 Å². The fraction of sp³-hybridized carbons (Fsp3) is 0.500. The summed E-state index contributed by atoms with van der Waals surface area (Å²) in [7, 11) is 2.33. The second-order valence-corrected chi connectivity index (χ2v) is 8.09. The van der Waals surface area contributed by atoms with E-state index in [0.29, 0.717) is 0 Å². The lowest BCUT2D eigenvalue weighted by atomic mass is 9.79. The Labute approximate surface area is 153 Å². The number of benzene rings is 2. The highest BCUT2D eigenvalue weighted by atomic mass is 15.1. The number of nitrogens with zero attached hydrogens (tertiary/aromatic N) is 1. The van der Waals surface area contributed by atoms with Crippen molar-refractivity contribution in [3.63, 3.8) is 0 Å². The van der Waals surface area contributed by atoms with E-state index < -0.39 is 0 Å². The van der Waals surface area contributed by atoms with Crippen molar-refractivity contribution in [2.24, 2.45) is 0 Å². The number of aryl methyl sites for hydroxylation is 1. The molecule has 1 fully saturated rings. The number of rotatable bonds is 3. The zero-order valence-corrected chi connectivity index (χ0v) is 15.6. The van der Waals surface area contributed by atoms with Crippen molar-refractivity contribution < 1.29 is 0 Å². The molecule has 132 valence electrons. The second kappa shape index (κ2) is 7.74. The fourth-order valence-electron chi connectivity index (χ4n) is 4.96. The molecule has 1 saturated heterocycles. The van der Waals surface area contributed by atoms with Crippen LogP contribution in [0.4, 0.5) is 0 Å². The number of hydrogen-bond donors (Lipinski definition) is 0. The fourth-order valence-corrected chi connectivity index (χ4v) is 4.96. The number of piperidine rings is 1. The Morgan fingerprint density at radius 2 is 1.60 bits per heavy atom. The van der Waals surface area contributed by atoms with Gasteiger partial charge in [-0.2, -0.15) is 0 Å². The van der Waals surface area contributed by atoms with E-state index in [1.807, 2.05) is 0 Å². The van der Waals surface area contributed by atoms with Crippen molar-refractivity contribution in [2.75, 3.05) is 13.6 Å². The van der Waals surface area contributed by atoms with Crippen LogP contribution in [0.1, 0.15) is 66.7 Å². The van der Waals surface area contributed by atoms with Crippen LogP contribution in [-0.2, 0) is 12.8 Å². The van der Waals surface area contributed by atoms with Crippen molar-refractivity contribution in [3.8, 4) is 0 Å². The Kier molecular flexibility index (Phi) is 5.22. The molecule has 1 nitrogen and oxygen atoms in total. The van der Waals surface area contributed by atoms with E-state index >= 15 is 0 Å². The molecule has 1 aliphatic carbocycles. The summed E-state index contributed by atoms with van der Waals surface area (Å²) in [5.74, 6) is 0.722. The molecule has 0 spiro atoms. The van der Waals surface area contributed by atoms with E-state index in [1.165, 1.54) is 57.1 Å². The molecule has 1 heteroatoms. The van der Waals surface area contributed by atoms with Gasteiger partial charge in [-0.1, -0.05) is 55.0 Å². The van der Waals surface area contributed by atoms with Crippen LogP contribution in [0.15, 0.2) is 48.5 Å². The quantitative estimate of drug-likeness (QED) is 0.709. The minimum Gasteiger partial charge on any atom is -0.303 e. The van der Waals surface area contributed by atoms with Crippen LogP contribution in [0.25, 0.3) is 0 Å². The molecule has 2 aromatic rings. The molecule has 4 rings (SSSR count). The molecule has 1 heterocycles. The first-order valence-electron chi connectivity index (χ1n) is 10.2. The van der Waals surface area contributed by atoms with Crippen molar-refractivity contribution >= 4 is 0 Å². The zero-order valence-electron chi connectivity index (χ0n) is 15.6. The Hall–Kier alpha value is -1.60. The molecular formula is C24H31N. The SMILES string of the molecule is CN1CCCCC1CCC1CCc2ccccc2Cc2ccccc21. The highest BCUT2D eigenvalue weighted by Gasteiger charge is 2.23. The lowest BCUT2D eigenvalue weighted by molar-refractivity contribution is 0.170. The Bertz CT molecular complexity index is 705. The molecule has 2 unspecified atom stereocenters. The van der Waals surface area contributed by atoms with Gasteiger partial charge in [0.25, 0.3) is 0 Å². The van der Waals surface area contributed by atoms with E-state index in [9.17, 15) is 0 Å². The third kappa shape index (κ3) is 3.82. The molecule has 1 aliphatic heterocycles. The predicted octanol–water partition coefficient (Wildman–Crippen LogP) is 5.57. The van der Waals surface area contributed by atoms with Gasteiger partial charge in [-0.3, -0.25) is 0 Å². The number of likely N-dealkylation sites (tertiary alicyclic amines) is 1. The standard InChI is InChI=1S/C24H31N/c1-25-17-7-6-11-23(25)16-15-20-14-13-19-8-2-3-9-21(19)18-22-10-4-5-12-24(20)22/h2-5,8-10,12,20,23H,6-7,11,13-18H2,1H3. The van der Waals surface area contributed by atoms with Crippen LogP contribution in [0.3, 0.4) is 0 Å². The minimum atomic E-state index is 0.722. The van der Waals surface area contributed by atoms with Gasteiger partial charge in [-0.25, -0.2) is 0 Å². The molecule has 2 aliphatic rings. The van der Waals surface area contributed by atoms with Gasteiger partial charge in [0.15, 0.2) is 0 Å². The van der Waals surface area contributed by atoms with Gasteiger partial charge in [-0.15, -0.1) is 0 Å². The summed E-state index contributed by atoms with van der Waals surface area (Å²) >= 11 is 0. The zero-order chi connectivity index (χ0) is 17.1. The summed E-state index contributed by atoms with van der Waals surface area (Å²) in [6, 6.07) is 19.1. The molecule has 25 heavy (non-hydrogen) atoms. The summed E-state index contributed by atoms with van der Waals surface area (Å²) in [4.78, 5) is 2.60. The van der Waals surface area contributed by atoms with Crippen molar-refractivity contribution in [1.29, 1.82) is 0 Å². The van der Waals surface area contributed by atoms with Crippen LogP contribution in [-0.4, -0.2) is 24.5 Å². The maximum Gasteiger partial charge on any atom is 0.00924 e. The second-order valence-electron chi connectivity index (χ2n) is 8.09. The van der Waals surface area contributed by atoms with Gasteiger partial charge in [0, 0.05) is 6.04 Å². The van der Waals surface area contributed by atoms with Gasteiger partial charge < -0.3 is 4.90 Å². The molecule has 0 N–H and O–H groups in total. The van der Waals surface area contributed by atoms with E-state index in [4.69, 9.17) is 0 Å². The third-order valence-electron chi connectivity index (χ3n) is 6.53. The summed E-state index contributed by atoms with van der Waals surface area (Å²) in [5, 5.41) is 0. The summed E-state index contributed by atoms with van der Waals surface area (Å²) in [5.41, 5.74) is 6.27. The highest BCUT2D eigenvalue weighted by Crippen LogP contribution is 2.35. The van der Waals surface area contributed by atoms with Gasteiger partial charge in [-0.05, 0) is 86.7 Å². The first kappa shape index (κ1) is 16.8. The summed E-state index contributed by atoms with van der Waals surface area (Å²) < 4.78 is 0. The monoisotopic (exact) mass is 333 g/mol. The smallest absolute Gasteiger partial charge is 0.00924 e. The van der Waals surface area contributed by atoms with Crippen molar-refractivity contribution in [2.45, 2.75) is 63.3 Å². The molecule has 0 saturated carbocycles. The summed E-state index contributed by atoms with van der Waals surface area (Å²) in [6.45, 7) is 1.29. The maximum absolute atomic E-state index is 2.60. The first-order valence-corrected chi connectivity index (χ1v) is 10.2. The van der Waals surface area contributed by atoms with Crippen molar-refractivity contribution in [1.82, 2.24) is 4.90 Å². The van der Waals surface area contributed by atoms with Crippen LogP contribution in [0.2, 0.25) is 0 Å². The molecule has 0 aromatic heterocycles. The average Bonchev–Trinajstić information content (AvgIpc) is 2.63. The third-order valence-corrected chi connectivity index (χ3v) is 6.53. The lowest BCUT2D eigenvalue weighted by Crippen LogP contribution is -2.36. The predicted molar refractivity (Wildman–Crippen MR) is 106 cm³/mol. The molecular weight excluding hydrogens is 302 g/mol. The lowest BCUT2D eigenvalue weighted by Gasteiger charge is -2.34. The molecule has 2 aromatic carbocycles. The largest absolute Gasteiger partial charge is 0.303 e. The Balaban J connectivity index is 1.54. The van der Waals surface area contributed by atoms with Gasteiger partial charge in [0.1, 0.15) is 0 Å². The van der Waals surface area contributed by atoms with E-state index in [1.54, 1.807) is 16.7 Å². The molecule has 0 amide bonds. The molecule has 0 radical (unpaired) electrons.